The molecule has 2 aromatic rings. The highest BCUT2D eigenvalue weighted by Gasteiger charge is 2.39. The molecule has 8 heteroatoms. The van der Waals surface area contributed by atoms with E-state index in [2.05, 4.69) is 0 Å². The molecule has 0 heterocycles. The summed E-state index contributed by atoms with van der Waals surface area (Å²) in [5.74, 6) is -0.897. The highest BCUT2D eigenvalue weighted by Crippen LogP contribution is 2.49. The van der Waals surface area contributed by atoms with Gasteiger partial charge in [0.15, 0.2) is 34.6 Å². The van der Waals surface area contributed by atoms with Gasteiger partial charge in [-0.15, -0.1) is 0 Å². The van der Waals surface area contributed by atoms with Gasteiger partial charge in [-0.3, -0.25) is 9.59 Å². The van der Waals surface area contributed by atoms with Gasteiger partial charge in [-0.05, 0) is 19.1 Å². The van der Waals surface area contributed by atoms with Crippen molar-refractivity contribution in [1.29, 1.82) is 0 Å². The topological polar surface area (TPSA) is 101 Å². The van der Waals surface area contributed by atoms with E-state index in [-0.39, 0.29) is 57.6 Å². The van der Waals surface area contributed by atoms with Gasteiger partial charge in [0.05, 0.1) is 46.2 Å². The van der Waals surface area contributed by atoms with Crippen molar-refractivity contribution < 1.29 is 38.4 Å². The number of rotatable bonds is 6. The van der Waals surface area contributed by atoms with Crippen LogP contribution < -0.4 is 23.7 Å². The van der Waals surface area contributed by atoms with E-state index in [1.54, 1.807) is 6.92 Å². The summed E-state index contributed by atoms with van der Waals surface area (Å²) < 4.78 is 26.6. The summed E-state index contributed by atoms with van der Waals surface area (Å²) in [4.78, 5) is 26.5. The zero-order valence-corrected chi connectivity index (χ0v) is 16.2. The summed E-state index contributed by atoms with van der Waals surface area (Å²) in [6, 6.07) is 2.76. The molecule has 0 spiro atoms. The van der Waals surface area contributed by atoms with Crippen molar-refractivity contribution in [2.24, 2.45) is 0 Å². The van der Waals surface area contributed by atoms with Crippen LogP contribution in [0.3, 0.4) is 0 Å². The van der Waals surface area contributed by atoms with Gasteiger partial charge in [0.1, 0.15) is 0 Å². The van der Waals surface area contributed by atoms with E-state index in [4.69, 9.17) is 23.7 Å². The normalized spacial score (nSPS) is 12.2. The zero-order chi connectivity index (χ0) is 20.6. The van der Waals surface area contributed by atoms with E-state index in [1.165, 1.54) is 40.6 Å². The van der Waals surface area contributed by atoms with E-state index >= 15 is 0 Å². The van der Waals surface area contributed by atoms with Crippen LogP contribution in [0, 0.1) is 0 Å². The molecule has 0 amide bonds. The highest BCUT2D eigenvalue weighted by atomic mass is 16.5. The second-order valence-electron chi connectivity index (χ2n) is 5.84. The molecule has 2 aromatic carbocycles. The Morgan fingerprint density at radius 1 is 0.750 bits per heavy atom. The number of fused-ring (bicyclic) bond motifs is 2. The quantitative estimate of drug-likeness (QED) is 0.688. The number of aromatic hydroxyl groups is 1. The van der Waals surface area contributed by atoms with Gasteiger partial charge >= 0.3 is 0 Å². The third kappa shape index (κ3) is 2.60. The van der Waals surface area contributed by atoms with Crippen LogP contribution >= 0.6 is 0 Å². The zero-order valence-electron chi connectivity index (χ0n) is 16.2. The maximum Gasteiger partial charge on any atom is 0.204 e. The Balaban J connectivity index is 2.39. The Kier molecular flexibility index (Phi) is 5.04. The first-order valence-electron chi connectivity index (χ1n) is 8.44. The van der Waals surface area contributed by atoms with E-state index in [1.807, 2.05) is 0 Å². The van der Waals surface area contributed by atoms with Crippen LogP contribution in [0.15, 0.2) is 12.1 Å². The number of phenolic OH excluding ortho intramolecular Hbond substituents is 1. The lowest BCUT2D eigenvalue weighted by molar-refractivity contribution is 0.0971. The first-order valence-corrected chi connectivity index (χ1v) is 8.44. The molecular formula is C20H20O8. The Labute approximate surface area is 161 Å². The number of ketones is 2. The molecule has 1 aliphatic rings. The van der Waals surface area contributed by atoms with Crippen molar-refractivity contribution in [2.45, 2.75) is 6.92 Å². The first kappa shape index (κ1) is 19.3. The summed E-state index contributed by atoms with van der Waals surface area (Å²) in [6.07, 6.45) is 0. The van der Waals surface area contributed by atoms with Gasteiger partial charge in [0.2, 0.25) is 11.5 Å². The van der Waals surface area contributed by atoms with E-state index < -0.39 is 17.3 Å². The van der Waals surface area contributed by atoms with E-state index in [0.717, 1.165) is 0 Å². The highest BCUT2D eigenvalue weighted by molar-refractivity contribution is 6.31. The largest absolute Gasteiger partial charge is 0.504 e. The van der Waals surface area contributed by atoms with E-state index in [9.17, 15) is 14.7 Å². The molecule has 28 heavy (non-hydrogen) atoms. The van der Waals surface area contributed by atoms with Gasteiger partial charge < -0.3 is 28.8 Å². The van der Waals surface area contributed by atoms with Crippen molar-refractivity contribution in [3.8, 4) is 34.5 Å². The minimum atomic E-state index is -0.565. The molecule has 148 valence electrons. The molecule has 0 saturated carbocycles. The summed E-state index contributed by atoms with van der Waals surface area (Å²) in [7, 11) is 5.52. The lowest BCUT2D eigenvalue weighted by Crippen LogP contribution is -2.23. The Bertz CT molecular complexity index is 977. The van der Waals surface area contributed by atoms with Crippen LogP contribution in [0.5, 0.6) is 34.5 Å². The molecular weight excluding hydrogens is 368 g/mol. The number of carbonyl (C=O) groups is 2. The van der Waals surface area contributed by atoms with Gasteiger partial charge in [-0.2, -0.15) is 0 Å². The maximum atomic E-state index is 13.3. The maximum absolute atomic E-state index is 13.3. The molecule has 3 rings (SSSR count). The monoisotopic (exact) mass is 388 g/mol. The number of carbonyl (C=O) groups excluding carboxylic acids is 2. The molecule has 0 saturated heterocycles. The van der Waals surface area contributed by atoms with Gasteiger partial charge in [0, 0.05) is 11.1 Å². The SMILES string of the molecule is CCOc1c(OC)c(OC)cc2c1C(=O)c1cc(OC)c(OC)c(O)c1C2=O. The molecule has 0 aromatic heterocycles. The fourth-order valence-corrected chi connectivity index (χ4v) is 3.30. The second kappa shape index (κ2) is 7.30. The second-order valence-corrected chi connectivity index (χ2v) is 5.84. The molecule has 8 nitrogen and oxygen atoms in total. The number of hydrogen-bond acceptors (Lipinski definition) is 8. The Hall–Kier alpha value is -3.42. The standard InChI is InChI=1S/C20H20O8/c1-6-28-20-14-10(8-12(25-3)19(20)27-5)15(21)13-9(16(14)22)7-11(24-2)18(26-4)17(13)23/h7-8,23H,6H2,1-5H3. The predicted molar refractivity (Wildman–Crippen MR) is 98.8 cm³/mol. The van der Waals surface area contributed by atoms with Crippen LogP contribution in [0.4, 0.5) is 0 Å². The van der Waals surface area contributed by atoms with Crippen molar-refractivity contribution in [3.05, 3.63) is 34.4 Å². The molecule has 0 aliphatic heterocycles. The van der Waals surface area contributed by atoms with Crippen molar-refractivity contribution in [3.63, 3.8) is 0 Å². The summed E-state index contributed by atoms with van der Waals surface area (Å²) in [6.45, 7) is 1.98. The van der Waals surface area contributed by atoms with Crippen molar-refractivity contribution >= 4 is 11.6 Å². The van der Waals surface area contributed by atoms with E-state index in [0.29, 0.717) is 0 Å². The summed E-state index contributed by atoms with van der Waals surface area (Å²) in [5.41, 5.74) is -0.0876. The van der Waals surface area contributed by atoms with Crippen LogP contribution in [0.1, 0.15) is 38.8 Å². The molecule has 0 atom stereocenters. The van der Waals surface area contributed by atoms with Gasteiger partial charge in [-0.1, -0.05) is 0 Å². The average Bonchev–Trinajstić information content (AvgIpc) is 2.70. The third-order valence-electron chi connectivity index (χ3n) is 4.50. The fourth-order valence-electron chi connectivity index (χ4n) is 3.30. The number of ether oxygens (including phenoxy) is 5. The summed E-state index contributed by atoms with van der Waals surface area (Å²) >= 11 is 0. The smallest absolute Gasteiger partial charge is 0.204 e. The number of phenols is 1. The third-order valence-corrected chi connectivity index (χ3v) is 4.50. The predicted octanol–water partition coefficient (Wildman–Crippen LogP) is 2.60. The Morgan fingerprint density at radius 2 is 1.25 bits per heavy atom. The van der Waals surface area contributed by atoms with Crippen LogP contribution in [0.2, 0.25) is 0 Å². The number of benzene rings is 2. The van der Waals surface area contributed by atoms with Crippen LogP contribution in [-0.2, 0) is 0 Å². The molecule has 1 N–H and O–H groups in total. The van der Waals surface area contributed by atoms with Gasteiger partial charge in [-0.25, -0.2) is 0 Å². The minimum Gasteiger partial charge on any atom is -0.504 e. The Morgan fingerprint density at radius 3 is 1.75 bits per heavy atom. The molecule has 0 fully saturated rings. The van der Waals surface area contributed by atoms with Crippen molar-refractivity contribution in [1.82, 2.24) is 0 Å². The number of hydrogen-bond donors (Lipinski definition) is 1. The van der Waals surface area contributed by atoms with Crippen LogP contribution in [-0.4, -0.2) is 51.7 Å². The van der Waals surface area contributed by atoms with Gasteiger partial charge in [0.25, 0.3) is 0 Å². The molecule has 1 aliphatic carbocycles. The first-order chi connectivity index (χ1) is 13.4. The lowest BCUT2D eigenvalue weighted by atomic mass is 9.82. The molecule has 0 unspecified atom stereocenters. The minimum absolute atomic E-state index is 0.0131. The van der Waals surface area contributed by atoms with Crippen LogP contribution in [0.25, 0.3) is 0 Å². The molecule has 0 bridgehead atoms. The summed E-state index contributed by atoms with van der Waals surface area (Å²) in [5, 5.41) is 10.6. The molecule has 0 radical (unpaired) electrons. The lowest BCUT2D eigenvalue weighted by Gasteiger charge is -2.24. The fraction of sp³-hybridized carbons (Fsp3) is 0.300. The number of methoxy groups -OCH3 is 4. The average molecular weight is 388 g/mol. The van der Waals surface area contributed by atoms with Crippen molar-refractivity contribution in [2.75, 3.05) is 35.0 Å².